The minimum Gasteiger partial charge on any atom is -0.113 e. The number of rotatable bonds is 4. The fourth-order valence-corrected chi connectivity index (χ4v) is 2.19. The molecule has 0 spiro atoms. The average molecular weight is 248 g/mol. The van der Waals surface area contributed by atoms with Gasteiger partial charge in [0.15, 0.2) is 0 Å². The highest BCUT2D eigenvalue weighted by molar-refractivity contribution is 5.74. The molecule has 0 nitrogen and oxygen atoms in total. The Morgan fingerprint density at radius 3 is 1.37 bits per heavy atom. The van der Waals surface area contributed by atoms with Gasteiger partial charge in [-0.3, -0.25) is 0 Å². The van der Waals surface area contributed by atoms with Crippen LogP contribution in [-0.2, 0) is 0 Å². The second kappa shape index (κ2) is 6.78. The molecule has 0 atom stereocenters. The van der Waals surface area contributed by atoms with E-state index < -0.39 is 0 Å². The third-order valence-corrected chi connectivity index (χ3v) is 3.25. The maximum absolute atomic E-state index is 3.62. The minimum atomic E-state index is 1.00. The molecular formula is C19H20. The lowest BCUT2D eigenvalue weighted by Crippen LogP contribution is -1.84. The van der Waals surface area contributed by atoms with Crippen molar-refractivity contribution in [1.29, 1.82) is 0 Å². The van der Waals surface area contributed by atoms with Crippen LogP contribution in [0.25, 0.3) is 11.1 Å². The Labute approximate surface area is 116 Å². The molecule has 0 aliphatic rings. The first-order chi connectivity index (χ1) is 9.35. The Bertz CT molecular complexity index is 518. The molecule has 0 fully saturated rings. The summed E-state index contributed by atoms with van der Waals surface area (Å²) in [7, 11) is 0. The lowest BCUT2D eigenvalue weighted by atomic mass is 9.99. The maximum atomic E-state index is 3.62. The van der Waals surface area contributed by atoms with Crippen molar-refractivity contribution in [3.05, 3.63) is 77.5 Å². The highest BCUT2D eigenvalue weighted by Gasteiger charge is 2.00. The SMILES string of the molecule is CCC(=C=C(CC)c1ccccc1)c1ccccc1. The number of allylic oxidation sites excluding steroid dienone is 1. The zero-order chi connectivity index (χ0) is 13.5. The highest BCUT2D eigenvalue weighted by atomic mass is 14.0. The van der Waals surface area contributed by atoms with Crippen molar-refractivity contribution in [3.8, 4) is 0 Å². The van der Waals surface area contributed by atoms with Crippen LogP contribution < -0.4 is 0 Å². The topological polar surface area (TPSA) is 0 Å². The molecule has 0 aliphatic carbocycles. The molecule has 2 rings (SSSR count). The molecule has 0 amide bonds. The fraction of sp³-hybridized carbons (Fsp3) is 0.211. The van der Waals surface area contributed by atoms with E-state index >= 15 is 0 Å². The summed E-state index contributed by atoms with van der Waals surface area (Å²) in [6, 6.07) is 21.1. The van der Waals surface area contributed by atoms with Crippen LogP contribution in [0.4, 0.5) is 0 Å². The van der Waals surface area contributed by atoms with E-state index in [9.17, 15) is 0 Å². The van der Waals surface area contributed by atoms with Crippen LogP contribution in [0.3, 0.4) is 0 Å². The van der Waals surface area contributed by atoms with Gasteiger partial charge in [0.05, 0.1) is 0 Å². The molecule has 0 saturated heterocycles. The predicted octanol–water partition coefficient (Wildman–Crippen LogP) is 5.57. The van der Waals surface area contributed by atoms with E-state index in [0.717, 1.165) is 12.8 Å². The largest absolute Gasteiger partial charge is 0.113 e. The molecule has 19 heavy (non-hydrogen) atoms. The Morgan fingerprint density at radius 2 is 1.05 bits per heavy atom. The molecule has 0 bridgehead atoms. The Hall–Kier alpha value is -2.04. The lowest BCUT2D eigenvalue weighted by molar-refractivity contribution is 1.22. The van der Waals surface area contributed by atoms with Crippen molar-refractivity contribution in [2.45, 2.75) is 26.7 Å². The van der Waals surface area contributed by atoms with E-state index in [-0.39, 0.29) is 0 Å². The Kier molecular flexibility index (Phi) is 4.78. The summed E-state index contributed by atoms with van der Waals surface area (Å²) in [4.78, 5) is 0. The summed E-state index contributed by atoms with van der Waals surface area (Å²) in [6.07, 6.45) is 2.00. The van der Waals surface area contributed by atoms with Crippen molar-refractivity contribution >= 4 is 11.1 Å². The molecule has 0 aliphatic heterocycles. The smallest absolute Gasteiger partial charge is 0.00124 e. The Balaban J connectivity index is 2.52. The predicted molar refractivity (Wildman–Crippen MR) is 83.8 cm³/mol. The first kappa shape index (κ1) is 13.4. The maximum Gasteiger partial charge on any atom is 0.00124 e. The van der Waals surface area contributed by atoms with Crippen molar-refractivity contribution in [2.75, 3.05) is 0 Å². The Morgan fingerprint density at radius 1 is 0.684 bits per heavy atom. The molecule has 0 heterocycles. The van der Waals surface area contributed by atoms with E-state index in [0.29, 0.717) is 0 Å². The zero-order valence-electron chi connectivity index (χ0n) is 11.7. The van der Waals surface area contributed by atoms with Gasteiger partial charge in [0.1, 0.15) is 0 Å². The molecule has 0 heteroatoms. The fourth-order valence-electron chi connectivity index (χ4n) is 2.19. The van der Waals surface area contributed by atoms with Crippen molar-refractivity contribution in [3.63, 3.8) is 0 Å². The van der Waals surface area contributed by atoms with Crippen molar-refractivity contribution in [1.82, 2.24) is 0 Å². The van der Waals surface area contributed by atoms with Gasteiger partial charge in [0.2, 0.25) is 0 Å². The van der Waals surface area contributed by atoms with Gasteiger partial charge < -0.3 is 0 Å². The monoisotopic (exact) mass is 248 g/mol. The second-order valence-corrected chi connectivity index (χ2v) is 4.52. The van der Waals surface area contributed by atoms with E-state index in [1.165, 1.54) is 22.3 Å². The summed E-state index contributed by atoms with van der Waals surface area (Å²) in [5.74, 6) is 0. The summed E-state index contributed by atoms with van der Waals surface area (Å²) < 4.78 is 0. The van der Waals surface area contributed by atoms with Gasteiger partial charge in [-0.15, -0.1) is 5.73 Å². The summed E-state index contributed by atoms with van der Waals surface area (Å²) in [5.41, 5.74) is 8.72. The van der Waals surface area contributed by atoms with Crippen LogP contribution in [0.5, 0.6) is 0 Å². The van der Waals surface area contributed by atoms with E-state index in [1.54, 1.807) is 0 Å². The summed E-state index contributed by atoms with van der Waals surface area (Å²) in [5, 5.41) is 0. The molecule has 2 aromatic carbocycles. The van der Waals surface area contributed by atoms with Gasteiger partial charge in [-0.25, -0.2) is 0 Å². The van der Waals surface area contributed by atoms with Crippen LogP contribution in [-0.4, -0.2) is 0 Å². The summed E-state index contributed by atoms with van der Waals surface area (Å²) in [6.45, 7) is 4.38. The molecule has 0 radical (unpaired) electrons. The molecule has 96 valence electrons. The van der Waals surface area contributed by atoms with E-state index in [2.05, 4.69) is 80.2 Å². The highest BCUT2D eigenvalue weighted by Crippen LogP contribution is 2.22. The third kappa shape index (κ3) is 3.47. The first-order valence-electron chi connectivity index (χ1n) is 6.94. The van der Waals surface area contributed by atoms with Crippen LogP contribution in [0.1, 0.15) is 37.8 Å². The minimum absolute atomic E-state index is 1.00. The standard InChI is InChI=1S/C19H20/c1-3-16(18-11-7-5-8-12-18)15-17(4-2)19-13-9-6-10-14-19/h5-14H,3-4H2,1-2H3. The molecule has 0 unspecified atom stereocenters. The van der Waals surface area contributed by atoms with Crippen LogP contribution in [0.2, 0.25) is 0 Å². The number of hydrogen-bond donors (Lipinski definition) is 0. The quantitative estimate of drug-likeness (QED) is 0.620. The van der Waals surface area contributed by atoms with Crippen LogP contribution in [0.15, 0.2) is 66.4 Å². The van der Waals surface area contributed by atoms with Crippen LogP contribution in [0, 0.1) is 0 Å². The molecule has 0 N–H and O–H groups in total. The van der Waals surface area contributed by atoms with Gasteiger partial charge in [0.25, 0.3) is 0 Å². The number of hydrogen-bond acceptors (Lipinski definition) is 0. The molecule has 2 aromatic rings. The van der Waals surface area contributed by atoms with Gasteiger partial charge >= 0.3 is 0 Å². The summed E-state index contributed by atoms with van der Waals surface area (Å²) >= 11 is 0. The molecular weight excluding hydrogens is 228 g/mol. The van der Waals surface area contributed by atoms with E-state index in [1.807, 2.05) is 0 Å². The van der Waals surface area contributed by atoms with Crippen molar-refractivity contribution < 1.29 is 0 Å². The second-order valence-electron chi connectivity index (χ2n) is 4.52. The average Bonchev–Trinajstić information content (AvgIpc) is 2.50. The van der Waals surface area contributed by atoms with Gasteiger partial charge in [-0.2, -0.15) is 0 Å². The zero-order valence-corrected chi connectivity index (χ0v) is 11.7. The van der Waals surface area contributed by atoms with Gasteiger partial charge in [0, 0.05) is 11.1 Å². The molecule has 0 saturated carbocycles. The first-order valence-corrected chi connectivity index (χ1v) is 6.94. The van der Waals surface area contributed by atoms with Gasteiger partial charge in [-0.1, -0.05) is 74.5 Å². The normalized spacial score (nSPS) is 9.79. The molecule has 0 aromatic heterocycles. The van der Waals surface area contributed by atoms with E-state index in [4.69, 9.17) is 0 Å². The number of benzene rings is 2. The third-order valence-electron chi connectivity index (χ3n) is 3.25. The van der Waals surface area contributed by atoms with Crippen molar-refractivity contribution in [2.24, 2.45) is 0 Å². The van der Waals surface area contributed by atoms with Gasteiger partial charge in [-0.05, 0) is 24.0 Å². The van der Waals surface area contributed by atoms with Crippen LogP contribution >= 0.6 is 0 Å². The lowest BCUT2D eigenvalue weighted by Gasteiger charge is -2.05.